The summed E-state index contributed by atoms with van der Waals surface area (Å²) >= 11 is 8.54. The summed E-state index contributed by atoms with van der Waals surface area (Å²) in [4.78, 5) is 24.7. The minimum absolute atomic E-state index is 0.0683. The van der Waals surface area contributed by atoms with Gasteiger partial charge in [-0.3, -0.25) is 14.9 Å². The quantitative estimate of drug-likeness (QED) is 0.620. The van der Waals surface area contributed by atoms with E-state index in [4.69, 9.17) is 12.2 Å². The standard InChI is InChI=1S/C19H20BrN3O2S/c1-3-12(2)21-18(25)15-9-4-5-10-16(15)22-19(26)23-17(24)13-7-6-8-14(20)11-13/h4-12H,3H2,1-2H3,(H,21,25)(H2,22,23,24,26). The molecule has 0 aliphatic rings. The number of carbonyl (C=O) groups excluding carboxylic acids is 2. The molecular weight excluding hydrogens is 414 g/mol. The van der Waals surface area contributed by atoms with E-state index in [0.717, 1.165) is 10.9 Å². The molecule has 0 aliphatic heterocycles. The topological polar surface area (TPSA) is 70.2 Å². The lowest BCUT2D eigenvalue weighted by Crippen LogP contribution is -2.36. The van der Waals surface area contributed by atoms with Crippen molar-refractivity contribution >= 4 is 50.8 Å². The van der Waals surface area contributed by atoms with Crippen molar-refractivity contribution in [3.8, 4) is 0 Å². The van der Waals surface area contributed by atoms with Gasteiger partial charge in [-0.05, 0) is 55.9 Å². The molecule has 0 fully saturated rings. The lowest BCUT2D eigenvalue weighted by Gasteiger charge is -2.16. The Morgan fingerprint density at radius 2 is 1.85 bits per heavy atom. The summed E-state index contributed by atoms with van der Waals surface area (Å²) in [6, 6.07) is 14.1. The molecule has 2 amide bonds. The van der Waals surface area contributed by atoms with E-state index in [-0.39, 0.29) is 23.0 Å². The maximum absolute atomic E-state index is 12.4. The molecule has 0 heterocycles. The van der Waals surface area contributed by atoms with Gasteiger partial charge in [0, 0.05) is 16.1 Å². The van der Waals surface area contributed by atoms with Gasteiger partial charge in [0.2, 0.25) is 0 Å². The predicted octanol–water partition coefficient (Wildman–Crippen LogP) is 4.10. The van der Waals surface area contributed by atoms with Gasteiger partial charge in [0.25, 0.3) is 11.8 Å². The first-order valence-electron chi connectivity index (χ1n) is 8.18. The van der Waals surface area contributed by atoms with E-state index in [9.17, 15) is 9.59 Å². The Labute approximate surface area is 166 Å². The SMILES string of the molecule is CCC(C)NC(=O)c1ccccc1NC(=S)NC(=O)c1cccc(Br)c1. The molecule has 136 valence electrons. The molecule has 2 aromatic carbocycles. The third-order valence-electron chi connectivity index (χ3n) is 3.72. The van der Waals surface area contributed by atoms with Gasteiger partial charge >= 0.3 is 0 Å². The fourth-order valence-corrected chi connectivity index (χ4v) is 2.75. The van der Waals surface area contributed by atoms with Gasteiger partial charge in [-0.2, -0.15) is 0 Å². The molecule has 7 heteroatoms. The number of nitrogens with one attached hydrogen (secondary N) is 3. The van der Waals surface area contributed by atoms with Crippen molar-refractivity contribution in [1.29, 1.82) is 0 Å². The summed E-state index contributed by atoms with van der Waals surface area (Å²) in [6.45, 7) is 3.94. The minimum atomic E-state index is -0.328. The number of anilines is 1. The normalized spacial score (nSPS) is 11.3. The third kappa shape index (κ3) is 5.64. The summed E-state index contributed by atoms with van der Waals surface area (Å²) in [7, 11) is 0. The molecule has 0 bridgehead atoms. The summed E-state index contributed by atoms with van der Waals surface area (Å²) in [5.41, 5.74) is 1.48. The first-order valence-corrected chi connectivity index (χ1v) is 9.38. The Bertz CT molecular complexity index is 826. The van der Waals surface area contributed by atoms with E-state index in [0.29, 0.717) is 16.8 Å². The number of hydrogen-bond donors (Lipinski definition) is 3. The van der Waals surface area contributed by atoms with Crippen molar-refractivity contribution in [2.24, 2.45) is 0 Å². The monoisotopic (exact) mass is 433 g/mol. The third-order valence-corrected chi connectivity index (χ3v) is 4.42. The fourth-order valence-electron chi connectivity index (χ4n) is 2.15. The van der Waals surface area contributed by atoms with Crippen molar-refractivity contribution in [3.63, 3.8) is 0 Å². The van der Waals surface area contributed by atoms with Gasteiger partial charge in [0.05, 0.1) is 11.3 Å². The van der Waals surface area contributed by atoms with Crippen LogP contribution in [0.3, 0.4) is 0 Å². The van der Waals surface area contributed by atoms with Gasteiger partial charge in [0.15, 0.2) is 5.11 Å². The van der Waals surface area contributed by atoms with Crippen LogP contribution in [0.4, 0.5) is 5.69 Å². The summed E-state index contributed by atoms with van der Waals surface area (Å²) in [6.07, 6.45) is 0.836. The van der Waals surface area contributed by atoms with E-state index >= 15 is 0 Å². The molecule has 0 aromatic heterocycles. The van der Waals surface area contributed by atoms with E-state index in [1.807, 2.05) is 19.9 Å². The number of para-hydroxylation sites is 1. The zero-order valence-corrected chi connectivity index (χ0v) is 16.9. The van der Waals surface area contributed by atoms with Crippen LogP contribution in [-0.4, -0.2) is 23.0 Å². The number of halogens is 1. The molecule has 0 spiro atoms. The van der Waals surface area contributed by atoms with Gasteiger partial charge in [0.1, 0.15) is 0 Å². The summed E-state index contributed by atoms with van der Waals surface area (Å²) < 4.78 is 0.802. The molecule has 1 unspecified atom stereocenters. The lowest BCUT2D eigenvalue weighted by atomic mass is 10.1. The van der Waals surface area contributed by atoms with Crippen LogP contribution < -0.4 is 16.0 Å². The number of benzene rings is 2. The number of hydrogen-bond acceptors (Lipinski definition) is 3. The Balaban J connectivity index is 2.07. The molecule has 0 radical (unpaired) electrons. The van der Waals surface area contributed by atoms with Crippen molar-refractivity contribution in [2.75, 3.05) is 5.32 Å². The average Bonchev–Trinajstić information content (AvgIpc) is 2.61. The highest BCUT2D eigenvalue weighted by Gasteiger charge is 2.14. The number of thiocarbonyl (C=S) groups is 1. The van der Waals surface area contributed by atoms with Gasteiger partial charge in [-0.25, -0.2) is 0 Å². The second-order valence-corrected chi connectivity index (χ2v) is 7.07. The van der Waals surface area contributed by atoms with Crippen LogP contribution >= 0.6 is 28.1 Å². The number of rotatable bonds is 5. The second kappa shape index (κ2) is 9.45. The van der Waals surface area contributed by atoms with Crippen LogP contribution in [0.2, 0.25) is 0 Å². The van der Waals surface area contributed by atoms with E-state index in [1.54, 1.807) is 42.5 Å². The van der Waals surface area contributed by atoms with Crippen LogP contribution in [0.15, 0.2) is 53.0 Å². The van der Waals surface area contributed by atoms with Crippen LogP contribution in [0.1, 0.15) is 41.0 Å². The van der Waals surface area contributed by atoms with Crippen LogP contribution in [0.5, 0.6) is 0 Å². The molecule has 2 aromatic rings. The maximum Gasteiger partial charge on any atom is 0.257 e. The summed E-state index contributed by atoms with van der Waals surface area (Å²) in [5.74, 6) is -0.520. The molecule has 0 aliphatic carbocycles. The number of amides is 2. The lowest BCUT2D eigenvalue weighted by molar-refractivity contribution is 0.0938. The van der Waals surface area contributed by atoms with Crippen molar-refractivity contribution in [2.45, 2.75) is 26.3 Å². The van der Waals surface area contributed by atoms with Crippen molar-refractivity contribution < 1.29 is 9.59 Å². The van der Waals surface area contributed by atoms with Gasteiger partial charge in [-0.15, -0.1) is 0 Å². The molecule has 5 nitrogen and oxygen atoms in total. The molecular formula is C19H20BrN3O2S. The highest BCUT2D eigenvalue weighted by atomic mass is 79.9. The highest BCUT2D eigenvalue weighted by molar-refractivity contribution is 9.10. The maximum atomic E-state index is 12.4. The smallest absolute Gasteiger partial charge is 0.257 e. The zero-order chi connectivity index (χ0) is 19.1. The Kier molecular flexibility index (Phi) is 7.29. The van der Waals surface area contributed by atoms with E-state index in [2.05, 4.69) is 31.9 Å². The average molecular weight is 434 g/mol. The zero-order valence-electron chi connectivity index (χ0n) is 14.5. The second-order valence-electron chi connectivity index (χ2n) is 5.75. The largest absolute Gasteiger partial charge is 0.350 e. The predicted molar refractivity (Wildman–Crippen MR) is 111 cm³/mol. The minimum Gasteiger partial charge on any atom is -0.350 e. The summed E-state index contributed by atoms with van der Waals surface area (Å²) in [5, 5.41) is 8.59. The van der Waals surface area contributed by atoms with Gasteiger partial charge < -0.3 is 10.6 Å². The molecule has 2 rings (SSSR count). The van der Waals surface area contributed by atoms with Crippen molar-refractivity contribution in [3.05, 3.63) is 64.1 Å². The Hall–Kier alpha value is -2.25. The Morgan fingerprint density at radius 1 is 1.12 bits per heavy atom. The van der Waals surface area contributed by atoms with Crippen LogP contribution in [0, 0.1) is 0 Å². The molecule has 1 atom stereocenters. The Morgan fingerprint density at radius 3 is 2.54 bits per heavy atom. The van der Waals surface area contributed by atoms with E-state index in [1.165, 1.54) is 0 Å². The molecule has 26 heavy (non-hydrogen) atoms. The van der Waals surface area contributed by atoms with Crippen LogP contribution in [-0.2, 0) is 0 Å². The first-order chi connectivity index (χ1) is 12.4. The fraction of sp³-hybridized carbons (Fsp3) is 0.211. The van der Waals surface area contributed by atoms with E-state index < -0.39 is 0 Å². The van der Waals surface area contributed by atoms with Crippen LogP contribution in [0.25, 0.3) is 0 Å². The molecule has 0 saturated carbocycles. The number of carbonyl (C=O) groups is 2. The molecule has 0 saturated heterocycles. The highest BCUT2D eigenvalue weighted by Crippen LogP contribution is 2.16. The van der Waals surface area contributed by atoms with Crippen molar-refractivity contribution in [1.82, 2.24) is 10.6 Å². The molecule has 3 N–H and O–H groups in total. The first kappa shape index (κ1) is 20.1. The van der Waals surface area contributed by atoms with Gasteiger partial charge in [-0.1, -0.05) is 41.1 Å².